The molecule has 2 N–H and O–H groups in total. The van der Waals surface area contributed by atoms with Crippen molar-refractivity contribution in [1.29, 1.82) is 0 Å². The predicted octanol–water partition coefficient (Wildman–Crippen LogP) is 2.36. The van der Waals surface area contributed by atoms with E-state index in [0.29, 0.717) is 18.5 Å². The van der Waals surface area contributed by atoms with E-state index in [1.54, 1.807) is 0 Å². The summed E-state index contributed by atoms with van der Waals surface area (Å²) >= 11 is 0. The lowest BCUT2D eigenvalue weighted by Gasteiger charge is -2.31. The van der Waals surface area contributed by atoms with E-state index in [2.05, 4.69) is 20.5 Å². The summed E-state index contributed by atoms with van der Waals surface area (Å²) in [5.74, 6) is 0.871. The molecule has 2 fully saturated rings. The van der Waals surface area contributed by atoms with Gasteiger partial charge in [0.1, 0.15) is 0 Å². The molecule has 1 aliphatic carbocycles. The number of rotatable bonds is 7. The van der Waals surface area contributed by atoms with Crippen LogP contribution < -0.4 is 10.6 Å². The summed E-state index contributed by atoms with van der Waals surface area (Å²) < 4.78 is 0. The molecule has 1 aromatic rings. The minimum absolute atomic E-state index is 0. The number of carbonyl (C=O) groups excluding carboxylic acids is 1. The van der Waals surface area contributed by atoms with Crippen LogP contribution >= 0.6 is 12.4 Å². The minimum atomic E-state index is 0. The van der Waals surface area contributed by atoms with Crippen LogP contribution in [-0.4, -0.2) is 48.0 Å². The predicted molar refractivity (Wildman–Crippen MR) is 103 cm³/mol. The highest BCUT2D eigenvalue weighted by Crippen LogP contribution is 2.25. The summed E-state index contributed by atoms with van der Waals surface area (Å²) in [6, 6.07) is 6.46. The van der Waals surface area contributed by atoms with Gasteiger partial charge in [0.2, 0.25) is 5.91 Å². The Morgan fingerprint density at radius 3 is 2.80 bits per heavy atom. The van der Waals surface area contributed by atoms with Gasteiger partial charge in [-0.3, -0.25) is 14.7 Å². The van der Waals surface area contributed by atoms with Crippen LogP contribution in [-0.2, 0) is 11.3 Å². The largest absolute Gasteiger partial charge is 0.355 e. The van der Waals surface area contributed by atoms with Gasteiger partial charge in [0, 0.05) is 25.3 Å². The first-order chi connectivity index (χ1) is 11.8. The smallest absolute Gasteiger partial charge is 0.234 e. The second-order valence-electron chi connectivity index (χ2n) is 7.16. The molecule has 1 atom stereocenters. The van der Waals surface area contributed by atoms with Crippen molar-refractivity contribution in [1.82, 2.24) is 20.5 Å². The SMILES string of the molecule is Cl.O=C(CN(Cc1ccccn1)C1CCCNCC1)NCC1CCC1. The molecule has 5 nitrogen and oxygen atoms in total. The Morgan fingerprint density at radius 2 is 2.08 bits per heavy atom. The van der Waals surface area contributed by atoms with Crippen LogP contribution in [0.4, 0.5) is 0 Å². The molecule has 0 spiro atoms. The van der Waals surface area contributed by atoms with Crippen LogP contribution in [0.15, 0.2) is 24.4 Å². The number of halogens is 1. The molecule has 2 aliphatic rings. The second kappa shape index (κ2) is 10.7. The molecule has 1 saturated heterocycles. The molecule has 25 heavy (non-hydrogen) atoms. The first kappa shape index (κ1) is 20.1. The monoisotopic (exact) mass is 366 g/mol. The highest BCUT2D eigenvalue weighted by atomic mass is 35.5. The molecule has 0 bridgehead atoms. The van der Waals surface area contributed by atoms with Crippen molar-refractivity contribution in [3.05, 3.63) is 30.1 Å². The standard InChI is InChI=1S/C19H30N4O.ClH/c24-19(22-13-16-5-3-6-16)15-23(14-17-7-1-2-11-21-17)18-8-4-10-20-12-9-18;/h1-2,7,11,16,18,20H,3-6,8-10,12-15H2,(H,22,24);1H. The van der Waals surface area contributed by atoms with Crippen molar-refractivity contribution in [3.8, 4) is 0 Å². The Hall–Kier alpha value is -1.17. The topological polar surface area (TPSA) is 57.3 Å². The minimum Gasteiger partial charge on any atom is -0.355 e. The van der Waals surface area contributed by atoms with Gasteiger partial charge in [0.15, 0.2) is 0 Å². The maximum atomic E-state index is 12.4. The number of hydrogen-bond donors (Lipinski definition) is 2. The van der Waals surface area contributed by atoms with Gasteiger partial charge < -0.3 is 10.6 Å². The number of hydrogen-bond acceptors (Lipinski definition) is 4. The zero-order valence-corrected chi connectivity index (χ0v) is 15.8. The number of amides is 1. The summed E-state index contributed by atoms with van der Waals surface area (Å²) in [4.78, 5) is 19.2. The van der Waals surface area contributed by atoms with Gasteiger partial charge in [-0.2, -0.15) is 0 Å². The quantitative estimate of drug-likeness (QED) is 0.777. The lowest BCUT2D eigenvalue weighted by atomic mass is 9.85. The number of nitrogens with one attached hydrogen (secondary N) is 2. The van der Waals surface area contributed by atoms with E-state index in [9.17, 15) is 4.79 Å². The zero-order chi connectivity index (χ0) is 16.6. The van der Waals surface area contributed by atoms with Gasteiger partial charge in [-0.1, -0.05) is 12.5 Å². The van der Waals surface area contributed by atoms with Crippen LogP contribution in [0, 0.1) is 5.92 Å². The average molecular weight is 367 g/mol. The van der Waals surface area contributed by atoms with Crippen molar-refractivity contribution in [2.24, 2.45) is 5.92 Å². The second-order valence-corrected chi connectivity index (χ2v) is 7.16. The molecule has 0 aromatic carbocycles. The highest BCUT2D eigenvalue weighted by molar-refractivity contribution is 5.85. The summed E-state index contributed by atoms with van der Waals surface area (Å²) in [6.45, 7) is 4.20. The van der Waals surface area contributed by atoms with Crippen molar-refractivity contribution in [2.75, 3.05) is 26.2 Å². The molecule has 6 heteroatoms. The van der Waals surface area contributed by atoms with E-state index >= 15 is 0 Å². The Labute approximate surface area is 157 Å². The molecule has 1 unspecified atom stereocenters. The van der Waals surface area contributed by atoms with E-state index in [4.69, 9.17) is 0 Å². The maximum absolute atomic E-state index is 12.4. The molecule has 1 aliphatic heterocycles. The molecular formula is C19H31ClN4O. The van der Waals surface area contributed by atoms with E-state index in [-0.39, 0.29) is 18.3 Å². The first-order valence-corrected chi connectivity index (χ1v) is 9.42. The van der Waals surface area contributed by atoms with Crippen molar-refractivity contribution < 1.29 is 4.79 Å². The lowest BCUT2D eigenvalue weighted by molar-refractivity contribution is -0.123. The third-order valence-corrected chi connectivity index (χ3v) is 5.31. The van der Waals surface area contributed by atoms with Crippen LogP contribution in [0.2, 0.25) is 0 Å². The van der Waals surface area contributed by atoms with Crippen LogP contribution in [0.5, 0.6) is 0 Å². The zero-order valence-electron chi connectivity index (χ0n) is 15.0. The molecule has 140 valence electrons. The number of pyridine rings is 1. The molecule has 0 radical (unpaired) electrons. The first-order valence-electron chi connectivity index (χ1n) is 9.42. The fourth-order valence-electron chi connectivity index (χ4n) is 3.58. The Kier molecular flexibility index (Phi) is 8.65. The molecule has 2 heterocycles. The summed E-state index contributed by atoms with van der Waals surface area (Å²) in [5, 5.41) is 6.60. The number of aromatic nitrogens is 1. The summed E-state index contributed by atoms with van der Waals surface area (Å²) in [6.07, 6.45) is 9.12. The van der Waals surface area contributed by atoms with Crippen molar-refractivity contribution in [2.45, 2.75) is 51.1 Å². The fraction of sp³-hybridized carbons (Fsp3) is 0.684. The third kappa shape index (κ3) is 6.57. The molecule has 3 rings (SSSR count). The molecule has 1 saturated carbocycles. The van der Waals surface area contributed by atoms with E-state index in [1.807, 2.05) is 24.4 Å². The third-order valence-electron chi connectivity index (χ3n) is 5.31. The van der Waals surface area contributed by atoms with Crippen molar-refractivity contribution >= 4 is 18.3 Å². The molecular weight excluding hydrogens is 336 g/mol. The fourth-order valence-corrected chi connectivity index (χ4v) is 3.58. The van der Waals surface area contributed by atoms with E-state index in [1.165, 1.54) is 25.7 Å². The van der Waals surface area contributed by atoms with Gasteiger partial charge in [0.25, 0.3) is 0 Å². The average Bonchev–Trinajstić information content (AvgIpc) is 2.83. The van der Waals surface area contributed by atoms with Gasteiger partial charge in [-0.05, 0) is 63.2 Å². The highest BCUT2D eigenvalue weighted by Gasteiger charge is 2.24. The van der Waals surface area contributed by atoms with Gasteiger partial charge in [0.05, 0.1) is 12.2 Å². The molecule has 1 amide bonds. The van der Waals surface area contributed by atoms with Gasteiger partial charge in [-0.25, -0.2) is 0 Å². The number of carbonyl (C=O) groups is 1. The van der Waals surface area contributed by atoms with E-state index < -0.39 is 0 Å². The summed E-state index contributed by atoms with van der Waals surface area (Å²) in [7, 11) is 0. The van der Waals surface area contributed by atoms with E-state index in [0.717, 1.165) is 44.7 Å². The van der Waals surface area contributed by atoms with Crippen LogP contribution in [0.25, 0.3) is 0 Å². The van der Waals surface area contributed by atoms with Crippen molar-refractivity contribution in [3.63, 3.8) is 0 Å². The lowest BCUT2D eigenvalue weighted by Crippen LogP contribution is -2.44. The molecule has 1 aromatic heterocycles. The summed E-state index contributed by atoms with van der Waals surface area (Å²) in [5.41, 5.74) is 1.04. The Balaban J connectivity index is 0.00000225. The van der Waals surface area contributed by atoms with Crippen LogP contribution in [0.1, 0.15) is 44.2 Å². The number of nitrogens with zero attached hydrogens (tertiary/aromatic N) is 2. The van der Waals surface area contributed by atoms with Gasteiger partial charge in [-0.15, -0.1) is 12.4 Å². The maximum Gasteiger partial charge on any atom is 0.234 e. The van der Waals surface area contributed by atoms with Crippen LogP contribution in [0.3, 0.4) is 0 Å². The Morgan fingerprint density at radius 1 is 1.20 bits per heavy atom. The van der Waals surface area contributed by atoms with Gasteiger partial charge >= 0.3 is 0 Å². The normalized spacial score (nSPS) is 21.1. The Bertz CT molecular complexity index is 501.